The SMILES string of the molecule is COc1ncnc(C2CC2)c1-c1nc(NCc2ccc(-c3ccc4ccccc4c3)cc2)c2nccn2n1. The first kappa shape index (κ1) is 22.4. The van der Waals surface area contributed by atoms with Crippen LogP contribution in [0, 0.1) is 0 Å². The summed E-state index contributed by atoms with van der Waals surface area (Å²) in [4.78, 5) is 18.2. The topological polar surface area (TPSA) is 90.1 Å². The van der Waals surface area contributed by atoms with E-state index < -0.39 is 0 Å². The Labute approximate surface area is 219 Å². The maximum Gasteiger partial charge on any atom is 0.227 e. The third-order valence-corrected chi connectivity index (χ3v) is 6.97. The normalized spacial score (nSPS) is 13.2. The van der Waals surface area contributed by atoms with Crippen LogP contribution < -0.4 is 10.1 Å². The number of nitrogens with zero attached hydrogens (tertiary/aromatic N) is 6. The molecule has 3 aromatic heterocycles. The maximum absolute atomic E-state index is 5.58. The second kappa shape index (κ2) is 9.23. The molecule has 0 aliphatic heterocycles. The van der Waals surface area contributed by atoms with Crippen molar-refractivity contribution in [1.29, 1.82) is 0 Å². The van der Waals surface area contributed by atoms with Gasteiger partial charge in [-0.15, -0.1) is 5.10 Å². The van der Waals surface area contributed by atoms with Gasteiger partial charge in [0, 0.05) is 24.9 Å². The van der Waals surface area contributed by atoms with E-state index in [9.17, 15) is 0 Å². The Morgan fingerprint density at radius 3 is 2.55 bits per heavy atom. The average Bonchev–Trinajstić information content (AvgIpc) is 3.71. The Hall–Kier alpha value is -4.85. The zero-order valence-corrected chi connectivity index (χ0v) is 20.9. The summed E-state index contributed by atoms with van der Waals surface area (Å²) in [6, 6.07) is 23.6. The van der Waals surface area contributed by atoms with Crippen molar-refractivity contribution in [1.82, 2.24) is 29.5 Å². The number of ether oxygens (including phenoxy) is 1. The second-order valence-electron chi connectivity index (χ2n) is 9.51. The van der Waals surface area contributed by atoms with Gasteiger partial charge in [-0.25, -0.2) is 24.5 Å². The van der Waals surface area contributed by atoms with Gasteiger partial charge in [-0.3, -0.25) is 0 Å². The molecule has 0 radical (unpaired) electrons. The molecule has 1 saturated carbocycles. The molecule has 1 fully saturated rings. The predicted octanol–water partition coefficient (Wildman–Crippen LogP) is 5.90. The first-order valence-electron chi connectivity index (χ1n) is 12.7. The number of hydrogen-bond acceptors (Lipinski definition) is 7. The summed E-state index contributed by atoms with van der Waals surface area (Å²) >= 11 is 0. The molecular weight excluding hydrogens is 474 g/mol. The standard InChI is InChI=1S/C30H25N7O/c1-38-30-25(26(22-11-12-22)33-18-34-30)27-35-28(29-31-14-15-37(29)36-27)32-17-19-6-8-21(9-7-19)24-13-10-20-4-2-3-5-23(20)16-24/h2-10,13-16,18,22H,11-12,17H2,1H3,(H,32,35,36). The molecule has 0 unspecified atom stereocenters. The summed E-state index contributed by atoms with van der Waals surface area (Å²) in [5.74, 6) is 2.04. The van der Waals surface area contributed by atoms with E-state index in [1.807, 2.05) is 6.20 Å². The summed E-state index contributed by atoms with van der Waals surface area (Å²) in [6.45, 7) is 0.592. The zero-order valence-electron chi connectivity index (χ0n) is 20.9. The smallest absolute Gasteiger partial charge is 0.227 e. The van der Waals surface area contributed by atoms with E-state index in [-0.39, 0.29) is 0 Å². The largest absolute Gasteiger partial charge is 0.480 e. The number of aromatic nitrogens is 6. The number of fused-ring (bicyclic) bond motifs is 2. The molecule has 7 rings (SSSR count). The van der Waals surface area contributed by atoms with E-state index in [0.29, 0.717) is 35.6 Å². The van der Waals surface area contributed by atoms with Gasteiger partial charge in [0.05, 0.1) is 12.8 Å². The fourth-order valence-electron chi connectivity index (χ4n) is 4.84. The zero-order chi connectivity index (χ0) is 25.5. The van der Waals surface area contributed by atoms with Crippen LogP contribution in [-0.2, 0) is 6.54 Å². The highest BCUT2D eigenvalue weighted by atomic mass is 16.5. The van der Waals surface area contributed by atoms with Crippen molar-refractivity contribution in [3.05, 3.63) is 96.7 Å². The lowest BCUT2D eigenvalue weighted by atomic mass is 10.0. The van der Waals surface area contributed by atoms with Gasteiger partial charge in [0.1, 0.15) is 11.9 Å². The first-order chi connectivity index (χ1) is 18.8. The summed E-state index contributed by atoms with van der Waals surface area (Å²) in [5.41, 5.74) is 5.86. The Bertz CT molecular complexity index is 1770. The highest BCUT2D eigenvalue weighted by Gasteiger charge is 2.31. The van der Waals surface area contributed by atoms with Crippen molar-refractivity contribution in [2.24, 2.45) is 0 Å². The van der Waals surface area contributed by atoms with E-state index in [1.54, 1.807) is 24.1 Å². The molecule has 1 aliphatic rings. The van der Waals surface area contributed by atoms with Gasteiger partial charge in [0.15, 0.2) is 17.3 Å². The van der Waals surface area contributed by atoms with Crippen LogP contribution >= 0.6 is 0 Å². The monoisotopic (exact) mass is 499 g/mol. The summed E-state index contributed by atoms with van der Waals surface area (Å²) in [7, 11) is 1.61. The molecule has 38 heavy (non-hydrogen) atoms. The fraction of sp³-hybridized carbons (Fsp3) is 0.167. The van der Waals surface area contributed by atoms with E-state index in [0.717, 1.165) is 29.7 Å². The molecule has 3 heterocycles. The van der Waals surface area contributed by atoms with Gasteiger partial charge in [0.25, 0.3) is 0 Å². The van der Waals surface area contributed by atoms with Crippen molar-refractivity contribution in [2.75, 3.05) is 12.4 Å². The second-order valence-corrected chi connectivity index (χ2v) is 9.51. The minimum absolute atomic E-state index is 0.390. The Morgan fingerprint density at radius 2 is 1.74 bits per heavy atom. The van der Waals surface area contributed by atoms with Crippen LogP contribution in [-0.4, -0.2) is 36.7 Å². The van der Waals surface area contributed by atoms with Crippen molar-refractivity contribution in [3.63, 3.8) is 0 Å². The Balaban J connectivity index is 1.17. The maximum atomic E-state index is 5.58. The molecule has 6 aromatic rings. The van der Waals surface area contributed by atoms with E-state index in [4.69, 9.17) is 14.8 Å². The molecule has 1 N–H and O–H groups in total. The lowest BCUT2D eigenvalue weighted by Crippen LogP contribution is -2.09. The Morgan fingerprint density at radius 1 is 0.921 bits per heavy atom. The minimum Gasteiger partial charge on any atom is -0.480 e. The van der Waals surface area contributed by atoms with E-state index >= 15 is 0 Å². The number of methoxy groups -OCH3 is 1. The van der Waals surface area contributed by atoms with Crippen LogP contribution in [0.2, 0.25) is 0 Å². The quantitative estimate of drug-likeness (QED) is 0.292. The number of anilines is 1. The van der Waals surface area contributed by atoms with Crippen molar-refractivity contribution in [3.8, 4) is 28.4 Å². The van der Waals surface area contributed by atoms with Gasteiger partial charge >= 0.3 is 0 Å². The Kier molecular flexibility index (Phi) is 5.43. The van der Waals surface area contributed by atoms with Gasteiger partial charge in [-0.05, 0) is 46.4 Å². The number of rotatable bonds is 7. The molecule has 186 valence electrons. The third-order valence-electron chi connectivity index (χ3n) is 6.97. The molecule has 3 aromatic carbocycles. The van der Waals surface area contributed by atoms with Crippen LogP contribution in [0.4, 0.5) is 5.82 Å². The van der Waals surface area contributed by atoms with Gasteiger partial charge in [0.2, 0.25) is 5.88 Å². The highest BCUT2D eigenvalue weighted by Crippen LogP contribution is 2.45. The minimum atomic E-state index is 0.390. The van der Waals surface area contributed by atoms with E-state index in [2.05, 4.69) is 87.0 Å². The molecule has 0 amide bonds. The first-order valence-corrected chi connectivity index (χ1v) is 12.7. The van der Waals surface area contributed by atoms with Crippen molar-refractivity contribution >= 4 is 22.2 Å². The summed E-state index contributed by atoms with van der Waals surface area (Å²) < 4.78 is 7.31. The molecule has 0 bridgehead atoms. The predicted molar refractivity (Wildman–Crippen MR) is 147 cm³/mol. The molecule has 8 heteroatoms. The number of hydrogen-bond donors (Lipinski definition) is 1. The molecular formula is C30H25N7O. The van der Waals surface area contributed by atoms with Gasteiger partial charge in [-0.1, -0.05) is 60.7 Å². The van der Waals surface area contributed by atoms with E-state index in [1.165, 1.54) is 21.9 Å². The summed E-state index contributed by atoms with van der Waals surface area (Å²) in [6.07, 6.45) is 7.28. The number of benzene rings is 3. The lowest BCUT2D eigenvalue weighted by molar-refractivity contribution is 0.397. The number of imidazole rings is 1. The lowest BCUT2D eigenvalue weighted by Gasteiger charge is -2.13. The molecule has 0 spiro atoms. The van der Waals surface area contributed by atoms with Crippen LogP contribution in [0.25, 0.3) is 38.9 Å². The van der Waals surface area contributed by atoms with Crippen LogP contribution in [0.3, 0.4) is 0 Å². The highest BCUT2D eigenvalue weighted by molar-refractivity contribution is 5.87. The van der Waals surface area contributed by atoms with Gasteiger partial charge in [-0.2, -0.15) is 0 Å². The van der Waals surface area contributed by atoms with Gasteiger partial charge < -0.3 is 10.1 Å². The molecule has 0 atom stereocenters. The van der Waals surface area contributed by atoms with Crippen LogP contribution in [0.1, 0.15) is 30.0 Å². The van der Waals surface area contributed by atoms with Crippen LogP contribution in [0.15, 0.2) is 85.5 Å². The summed E-state index contributed by atoms with van der Waals surface area (Å²) in [5, 5.41) is 10.7. The van der Waals surface area contributed by atoms with Crippen LogP contribution in [0.5, 0.6) is 5.88 Å². The average molecular weight is 500 g/mol. The molecule has 1 aliphatic carbocycles. The van der Waals surface area contributed by atoms with Crippen molar-refractivity contribution < 1.29 is 4.74 Å². The third kappa shape index (κ3) is 4.10. The molecule has 0 saturated heterocycles. The molecule has 8 nitrogen and oxygen atoms in total. The number of nitrogens with one attached hydrogen (secondary N) is 1. The van der Waals surface area contributed by atoms with Crippen molar-refractivity contribution in [2.45, 2.75) is 25.3 Å². The fourth-order valence-corrected chi connectivity index (χ4v) is 4.84.